The third kappa shape index (κ3) is 3.05. The molecule has 0 saturated carbocycles. The van der Waals surface area contributed by atoms with Crippen LogP contribution in [0.2, 0.25) is 0 Å². The lowest BCUT2D eigenvalue weighted by molar-refractivity contribution is -0.165. The molecule has 7 nitrogen and oxygen atoms in total. The van der Waals surface area contributed by atoms with Gasteiger partial charge >= 0.3 is 11.9 Å². The Labute approximate surface area is 169 Å². The molecule has 0 N–H and O–H groups in total. The topological polar surface area (TPSA) is 91.7 Å². The van der Waals surface area contributed by atoms with Crippen LogP contribution < -0.4 is 0 Å². The molecule has 154 valence electrons. The molecule has 3 rings (SSSR count). The molecular weight excluding hydrogens is 374 g/mol. The number of benzene rings is 1. The van der Waals surface area contributed by atoms with E-state index in [4.69, 9.17) is 9.47 Å². The highest BCUT2D eigenvalue weighted by molar-refractivity contribution is 6.15. The first-order valence-corrected chi connectivity index (χ1v) is 9.85. The summed E-state index contributed by atoms with van der Waals surface area (Å²) in [6, 6.07) is 5.47. The standard InChI is InChI=1S/C22H25NO6/c1-5-28-20(26)22(21(27)29-6-2)10-9-18(25)23-17-8-7-14(13(3)4)11-15(17)16(12-24)19(22)23/h7-8,11-13H,5-6,9-10H2,1-4H3. The van der Waals surface area contributed by atoms with Gasteiger partial charge in [0.2, 0.25) is 11.3 Å². The molecule has 1 aromatic carbocycles. The van der Waals surface area contributed by atoms with E-state index < -0.39 is 17.4 Å². The summed E-state index contributed by atoms with van der Waals surface area (Å²) in [5.41, 5.74) is -0.177. The number of fused-ring (bicyclic) bond motifs is 3. The van der Waals surface area contributed by atoms with Gasteiger partial charge in [0.25, 0.3) is 0 Å². The van der Waals surface area contributed by atoms with E-state index >= 15 is 0 Å². The number of carbonyl (C=O) groups excluding carboxylic acids is 4. The number of aldehydes is 1. The maximum atomic E-state index is 13.1. The largest absolute Gasteiger partial charge is 0.465 e. The molecule has 2 aromatic rings. The fourth-order valence-corrected chi connectivity index (χ4v) is 4.01. The highest BCUT2D eigenvalue weighted by Crippen LogP contribution is 2.43. The normalized spacial score (nSPS) is 15.3. The summed E-state index contributed by atoms with van der Waals surface area (Å²) < 4.78 is 11.8. The molecule has 0 saturated heterocycles. The zero-order valence-electron chi connectivity index (χ0n) is 17.1. The molecule has 7 heteroatoms. The Morgan fingerprint density at radius 1 is 1.17 bits per heavy atom. The van der Waals surface area contributed by atoms with Gasteiger partial charge in [0.15, 0.2) is 6.29 Å². The van der Waals surface area contributed by atoms with Crippen molar-refractivity contribution < 1.29 is 28.7 Å². The van der Waals surface area contributed by atoms with Gasteiger partial charge in [0, 0.05) is 17.4 Å². The Balaban J connectivity index is 2.43. The number of carbonyl (C=O) groups is 4. The van der Waals surface area contributed by atoms with Crippen LogP contribution in [0.3, 0.4) is 0 Å². The molecular formula is C22H25NO6. The van der Waals surface area contributed by atoms with E-state index in [0.717, 1.165) is 5.56 Å². The van der Waals surface area contributed by atoms with Crippen LogP contribution in [0.15, 0.2) is 18.2 Å². The van der Waals surface area contributed by atoms with Crippen molar-refractivity contribution >= 4 is 35.0 Å². The van der Waals surface area contributed by atoms with Crippen molar-refractivity contribution in [1.29, 1.82) is 0 Å². The number of esters is 2. The second-order valence-corrected chi connectivity index (χ2v) is 7.39. The van der Waals surface area contributed by atoms with Gasteiger partial charge in [-0.3, -0.25) is 23.7 Å². The lowest BCUT2D eigenvalue weighted by Crippen LogP contribution is -2.51. The van der Waals surface area contributed by atoms with E-state index in [1.807, 2.05) is 26.0 Å². The lowest BCUT2D eigenvalue weighted by Gasteiger charge is -2.33. The summed E-state index contributed by atoms with van der Waals surface area (Å²) in [6.07, 6.45) is 0.459. The number of hydrogen-bond acceptors (Lipinski definition) is 6. The molecule has 1 aromatic heterocycles. The number of nitrogens with zero attached hydrogens (tertiary/aromatic N) is 1. The van der Waals surface area contributed by atoms with Gasteiger partial charge in [-0.1, -0.05) is 19.9 Å². The predicted octanol–water partition coefficient (Wildman–Crippen LogP) is 3.38. The van der Waals surface area contributed by atoms with Gasteiger partial charge in [-0.05, 0) is 43.9 Å². The monoisotopic (exact) mass is 399 g/mol. The molecule has 2 heterocycles. The smallest absolute Gasteiger partial charge is 0.329 e. The summed E-state index contributed by atoms with van der Waals surface area (Å²) in [5, 5.41) is 0.537. The van der Waals surface area contributed by atoms with Gasteiger partial charge in [-0.25, -0.2) is 0 Å². The molecule has 1 aliphatic rings. The van der Waals surface area contributed by atoms with Crippen LogP contribution in [0.5, 0.6) is 0 Å². The SMILES string of the molecule is CCOC(=O)C1(C(=O)OCC)CCC(=O)n2c1c(C=O)c1cc(C(C)C)ccc12. The number of hydrogen-bond donors (Lipinski definition) is 0. The van der Waals surface area contributed by atoms with Crippen molar-refractivity contribution in [3.8, 4) is 0 Å². The molecule has 0 bridgehead atoms. The van der Waals surface area contributed by atoms with Gasteiger partial charge in [-0.2, -0.15) is 0 Å². The second kappa shape index (κ2) is 7.81. The van der Waals surface area contributed by atoms with Crippen molar-refractivity contribution in [3.63, 3.8) is 0 Å². The predicted molar refractivity (Wildman–Crippen MR) is 106 cm³/mol. The maximum absolute atomic E-state index is 13.1. The Kier molecular flexibility index (Phi) is 5.59. The number of rotatable bonds is 6. The quantitative estimate of drug-likeness (QED) is 0.420. The van der Waals surface area contributed by atoms with Crippen LogP contribution in [0.1, 0.15) is 72.9 Å². The van der Waals surface area contributed by atoms with Crippen LogP contribution in [-0.2, 0) is 24.5 Å². The average Bonchev–Trinajstić information content (AvgIpc) is 3.03. The molecule has 0 aliphatic carbocycles. The highest BCUT2D eigenvalue weighted by Gasteiger charge is 2.57. The van der Waals surface area contributed by atoms with Crippen LogP contribution in [0.4, 0.5) is 0 Å². The first kappa shape index (κ1) is 20.8. The molecule has 29 heavy (non-hydrogen) atoms. The van der Waals surface area contributed by atoms with E-state index in [1.54, 1.807) is 19.9 Å². The molecule has 0 fully saturated rings. The summed E-state index contributed by atoms with van der Waals surface area (Å²) in [4.78, 5) is 51.1. The summed E-state index contributed by atoms with van der Waals surface area (Å²) in [7, 11) is 0. The van der Waals surface area contributed by atoms with Gasteiger partial charge in [-0.15, -0.1) is 0 Å². The van der Waals surface area contributed by atoms with E-state index in [0.29, 0.717) is 17.2 Å². The zero-order chi connectivity index (χ0) is 21.3. The fourth-order valence-electron chi connectivity index (χ4n) is 4.01. The Hall–Kier alpha value is -2.96. The van der Waals surface area contributed by atoms with Crippen LogP contribution in [-0.4, -0.2) is 41.9 Å². The van der Waals surface area contributed by atoms with Gasteiger partial charge in [0.05, 0.1) is 24.4 Å². The summed E-state index contributed by atoms with van der Waals surface area (Å²) in [5.74, 6) is -1.68. The number of ether oxygens (including phenoxy) is 2. The van der Waals surface area contributed by atoms with Crippen LogP contribution in [0, 0.1) is 0 Å². The van der Waals surface area contributed by atoms with E-state index in [9.17, 15) is 19.2 Å². The minimum Gasteiger partial charge on any atom is -0.465 e. The first-order chi connectivity index (χ1) is 13.8. The molecule has 0 amide bonds. The van der Waals surface area contributed by atoms with Crippen LogP contribution >= 0.6 is 0 Å². The highest BCUT2D eigenvalue weighted by atomic mass is 16.6. The average molecular weight is 399 g/mol. The molecule has 1 aliphatic heterocycles. The van der Waals surface area contributed by atoms with Crippen molar-refractivity contribution in [3.05, 3.63) is 35.0 Å². The maximum Gasteiger partial charge on any atom is 0.329 e. The van der Waals surface area contributed by atoms with E-state index in [1.165, 1.54) is 4.57 Å². The Morgan fingerprint density at radius 2 is 1.79 bits per heavy atom. The first-order valence-electron chi connectivity index (χ1n) is 9.85. The summed E-state index contributed by atoms with van der Waals surface area (Å²) in [6.45, 7) is 7.42. The Bertz CT molecular complexity index is 982. The van der Waals surface area contributed by atoms with Crippen molar-refractivity contribution in [1.82, 2.24) is 4.57 Å². The minimum absolute atomic E-state index is 0.0430. The molecule has 0 radical (unpaired) electrons. The van der Waals surface area contributed by atoms with Crippen molar-refractivity contribution in [2.24, 2.45) is 0 Å². The van der Waals surface area contributed by atoms with E-state index in [2.05, 4.69) is 0 Å². The van der Waals surface area contributed by atoms with Crippen molar-refractivity contribution in [2.45, 2.75) is 51.9 Å². The minimum atomic E-state index is -1.85. The van der Waals surface area contributed by atoms with Gasteiger partial charge < -0.3 is 9.47 Å². The lowest BCUT2D eigenvalue weighted by atomic mass is 9.76. The Morgan fingerprint density at radius 3 is 2.31 bits per heavy atom. The molecule has 0 unspecified atom stereocenters. The van der Waals surface area contributed by atoms with Crippen LogP contribution in [0.25, 0.3) is 10.9 Å². The summed E-state index contributed by atoms with van der Waals surface area (Å²) >= 11 is 0. The molecule has 0 spiro atoms. The van der Waals surface area contributed by atoms with E-state index in [-0.39, 0.29) is 49.1 Å². The third-order valence-corrected chi connectivity index (χ3v) is 5.43. The van der Waals surface area contributed by atoms with Crippen molar-refractivity contribution in [2.75, 3.05) is 13.2 Å². The second-order valence-electron chi connectivity index (χ2n) is 7.39. The van der Waals surface area contributed by atoms with Gasteiger partial charge in [0.1, 0.15) is 0 Å². The fraction of sp³-hybridized carbons (Fsp3) is 0.455. The third-order valence-electron chi connectivity index (χ3n) is 5.43. The zero-order valence-corrected chi connectivity index (χ0v) is 17.1. The number of aromatic nitrogens is 1. The molecule has 0 atom stereocenters.